The minimum absolute atomic E-state index is 0.0215. The molecule has 2 aliphatic rings. The zero-order valence-electron chi connectivity index (χ0n) is 27.1. The molecule has 0 aromatic rings. The van der Waals surface area contributed by atoms with Gasteiger partial charge >= 0.3 is 12.1 Å². The Morgan fingerprint density at radius 1 is 0.857 bits per heavy atom. The van der Waals surface area contributed by atoms with Crippen molar-refractivity contribution in [2.24, 2.45) is 11.7 Å². The summed E-state index contributed by atoms with van der Waals surface area (Å²) in [5, 5.41) is 4.32. The van der Waals surface area contributed by atoms with Gasteiger partial charge in [-0.2, -0.15) is 0 Å². The van der Waals surface area contributed by atoms with E-state index in [0.29, 0.717) is 36.5 Å². The minimum atomic E-state index is -0.546. The van der Waals surface area contributed by atoms with Crippen LogP contribution >= 0.6 is 0 Å². The van der Waals surface area contributed by atoms with Crippen molar-refractivity contribution in [3.05, 3.63) is 22.5 Å². The highest BCUT2D eigenvalue weighted by atomic mass is 16.7. The summed E-state index contributed by atoms with van der Waals surface area (Å²) in [5.41, 5.74) is 8.27. The first-order chi connectivity index (χ1) is 20.2. The molecule has 0 aromatic carbocycles. The SMILES string of the molecule is CCCCCCCCCCCCCCCCCCNC(=O)ON1C(C)=C(C2CN(C(C)=O)C2)C(C(=O)OC)=C(N)C1C. The van der Waals surface area contributed by atoms with Crippen molar-refractivity contribution in [2.75, 3.05) is 26.7 Å². The summed E-state index contributed by atoms with van der Waals surface area (Å²) < 4.78 is 5.01. The highest BCUT2D eigenvalue weighted by Crippen LogP contribution is 2.38. The van der Waals surface area contributed by atoms with Gasteiger partial charge in [0.1, 0.15) is 6.04 Å². The van der Waals surface area contributed by atoms with Crippen LogP contribution in [0, 0.1) is 5.92 Å². The molecule has 9 nitrogen and oxygen atoms in total. The topological polar surface area (TPSA) is 114 Å². The number of ether oxygens (including phenoxy) is 1. The number of nitrogens with one attached hydrogen (secondary N) is 1. The predicted octanol–water partition coefficient (Wildman–Crippen LogP) is 6.73. The lowest BCUT2D eigenvalue weighted by Gasteiger charge is -2.44. The second kappa shape index (κ2) is 19.5. The lowest BCUT2D eigenvalue weighted by atomic mass is 9.81. The van der Waals surface area contributed by atoms with Gasteiger partial charge in [0.15, 0.2) is 0 Å². The molecule has 9 heteroatoms. The van der Waals surface area contributed by atoms with Crippen molar-refractivity contribution in [2.45, 2.75) is 136 Å². The van der Waals surface area contributed by atoms with Crippen LogP contribution < -0.4 is 11.1 Å². The van der Waals surface area contributed by atoms with Gasteiger partial charge < -0.3 is 25.5 Å². The molecule has 0 aliphatic carbocycles. The van der Waals surface area contributed by atoms with Crippen molar-refractivity contribution in [3.8, 4) is 0 Å². The van der Waals surface area contributed by atoms with Crippen LogP contribution in [0.4, 0.5) is 4.79 Å². The number of nitrogens with zero attached hydrogens (tertiary/aromatic N) is 2. The molecular weight excluding hydrogens is 532 g/mol. The number of hydrogen-bond donors (Lipinski definition) is 2. The molecule has 2 heterocycles. The van der Waals surface area contributed by atoms with Gasteiger partial charge in [-0.1, -0.05) is 103 Å². The molecule has 1 atom stereocenters. The third kappa shape index (κ3) is 11.2. The number of esters is 1. The molecule has 42 heavy (non-hydrogen) atoms. The largest absolute Gasteiger partial charge is 0.465 e. The lowest BCUT2D eigenvalue weighted by molar-refractivity contribution is -0.137. The molecule has 1 saturated heterocycles. The van der Waals surface area contributed by atoms with Gasteiger partial charge in [-0.25, -0.2) is 14.7 Å². The van der Waals surface area contributed by atoms with Crippen LogP contribution in [0.15, 0.2) is 22.5 Å². The van der Waals surface area contributed by atoms with Crippen LogP contribution in [0.3, 0.4) is 0 Å². The van der Waals surface area contributed by atoms with E-state index in [9.17, 15) is 14.4 Å². The zero-order valence-corrected chi connectivity index (χ0v) is 27.1. The van der Waals surface area contributed by atoms with E-state index in [-0.39, 0.29) is 17.5 Å². The van der Waals surface area contributed by atoms with E-state index in [2.05, 4.69) is 12.2 Å². The second-order valence-corrected chi connectivity index (χ2v) is 12.1. The van der Waals surface area contributed by atoms with E-state index in [1.807, 2.05) is 0 Å². The Morgan fingerprint density at radius 2 is 1.33 bits per heavy atom. The maximum atomic E-state index is 12.6. The van der Waals surface area contributed by atoms with E-state index in [1.54, 1.807) is 18.7 Å². The molecule has 1 unspecified atom stereocenters. The Bertz CT molecular complexity index is 925. The first-order valence-corrected chi connectivity index (χ1v) is 16.5. The quantitative estimate of drug-likeness (QED) is 0.119. The Balaban J connectivity index is 1.64. The number of hydroxylamine groups is 2. The van der Waals surface area contributed by atoms with E-state index in [1.165, 1.54) is 109 Å². The molecule has 0 bridgehead atoms. The number of unbranched alkanes of at least 4 members (excludes halogenated alkanes) is 15. The molecule has 1 fully saturated rings. The Morgan fingerprint density at radius 3 is 1.79 bits per heavy atom. The predicted molar refractivity (Wildman–Crippen MR) is 167 cm³/mol. The standard InChI is InChI=1S/C33H58N4O5/c1-6-7-8-9-10-11-12-13-14-15-16-17-18-19-20-21-22-35-33(40)42-37-25(2)29(28-23-36(24-28)27(4)38)30(32(39)41-5)31(34)26(37)3/h26,28H,6-24,34H2,1-5H3,(H,35,40). The van der Waals surface area contributed by atoms with E-state index in [4.69, 9.17) is 15.3 Å². The molecular formula is C33H58N4O5. The molecule has 0 saturated carbocycles. The number of rotatable bonds is 20. The van der Waals surface area contributed by atoms with Gasteiger partial charge in [0, 0.05) is 38.2 Å². The summed E-state index contributed by atoms with van der Waals surface area (Å²) in [6.45, 7) is 8.87. The fraction of sp³-hybridized carbons (Fsp3) is 0.788. The number of likely N-dealkylation sites (tertiary alicyclic amines) is 1. The van der Waals surface area contributed by atoms with Gasteiger partial charge in [0.2, 0.25) is 5.91 Å². The molecule has 240 valence electrons. The van der Waals surface area contributed by atoms with Crippen molar-refractivity contribution in [1.29, 1.82) is 0 Å². The van der Waals surface area contributed by atoms with Gasteiger partial charge in [-0.3, -0.25) is 4.79 Å². The molecule has 2 amide bonds. The molecule has 0 radical (unpaired) electrons. The summed E-state index contributed by atoms with van der Waals surface area (Å²) in [6.07, 6.45) is 20.3. The van der Waals surface area contributed by atoms with Crippen molar-refractivity contribution in [3.63, 3.8) is 0 Å². The maximum absolute atomic E-state index is 12.6. The molecule has 2 rings (SSSR count). The van der Waals surface area contributed by atoms with E-state index >= 15 is 0 Å². The summed E-state index contributed by atoms with van der Waals surface area (Å²) in [6, 6.07) is -0.534. The maximum Gasteiger partial charge on any atom is 0.431 e. The number of nitrogens with two attached hydrogens (primary N) is 1. The van der Waals surface area contributed by atoms with Gasteiger partial charge in [0.25, 0.3) is 0 Å². The number of methoxy groups -OCH3 is 1. The Hall–Kier alpha value is -2.71. The van der Waals surface area contributed by atoms with Crippen molar-refractivity contribution in [1.82, 2.24) is 15.3 Å². The first kappa shape index (κ1) is 35.5. The smallest absolute Gasteiger partial charge is 0.431 e. The average molecular weight is 591 g/mol. The van der Waals surface area contributed by atoms with Crippen LogP contribution in [-0.4, -0.2) is 60.7 Å². The first-order valence-electron chi connectivity index (χ1n) is 16.5. The Labute approximate surface area is 254 Å². The zero-order chi connectivity index (χ0) is 30.9. The summed E-state index contributed by atoms with van der Waals surface area (Å²) in [4.78, 5) is 44.4. The number of carbonyl (C=O) groups excluding carboxylic acids is 3. The highest BCUT2D eigenvalue weighted by molar-refractivity contribution is 5.95. The Kier molecular flexibility index (Phi) is 16.5. The van der Waals surface area contributed by atoms with Gasteiger partial charge in [-0.15, -0.1) is 0 Å². The van der Waals surface area contributed by atoms with Gasteiger partial charge in [-0.05, 0) is 25.8 Å². The summed E-state index contributed by atoms with van der Waals surface area (Å²) in [5.74, 6) is -0.636. The van der Waals surface area contributed by atoms with Gasteiger partial charge in [0.05, 0.1) is 18.4 Å². The lowest BCUT2D eigenvalue weighted by Crippen LogP contribution is -2.53. The molecule has 0 spiro atoms. The number of amides is 2. The fourth-order valence-electron chi connectivity index (χ4n) is 5.96. The summed E-state index contributed by atoms with van der Waals surface area (Å²) in [7, 11) is 1.32. The normalized spacial score (nSPS) is 17.4. The third-order valence-electron chi connectivity index (χ3n) is 8.69. The average Bonchev–Trinajstić information content (AvgIpc) is 2.94. The minimum Gasteiger partial charge on any atom is -0.465 e. The van der Waals surface area contributed by atoms with Crippen LogP contribution in [-0.2, 0) is 19.2 Å². The third-order valence-corrected chi connectivity index (χ3v) is 8.69. The summed E-state index contributed by atoms with van der Waals surface area (Å²) >= 11 is 0. The van der Waals surface area contributed by atoms with Crippen molar-refractivity contribution >= 4 is 18.0 Å². The molecule has 3 N–H and O–H groups in total. The fourth-order valence-corrected chi connectivity index (χ4v) is 5.96. The van der Waals surface area contributed by atoms with Crippen LogP contribution in [0.5, 0.6) is 0 Å². The van der Waals surface area contributed by atoms with Crippen molar-refractivity contribution < 1.29 is 24.0 Å². The molecule has 2 aliphatic heterocycles. The van der Waals surface area contributed by atoms with Crippen LogP contribution in [0.25, 0.3) is 0 Å². The van der Waals surface area contributed by atoms with Crippen LogP contribution in [0.1, 0.15) is 130 Å². The number of carbonyl (C=O) groups is 3. The molecule has 0 aromatic heterocycles. The highest BCUT2D eigenvalue weighted by Gasteiger charge is 2.42. The monoisotopic (exact) mass is 590 g/mol. The van der Waals surface area contributed by atoms with Crippen LogP contribution in [0.2, 0.25) is 0 Å². The van der Waals surface area contributed by atoms with E-state index in [0.717, 1.165) is 12.8 Å². The van der Waals surface area contributed by atoms with E-state index < -0.39 is 18.1 Å². The second-order valence-electron chi connectivity index (χ2n) is 12.1. The number of hydrogen-bond acceptors (Lipinski definition) is 7. The number of allylic oxidation sites excluding steroid dienone is 1.